The maximum Gasteiger partial charge on any atom is 0.258 e. The van der Waals surface area contributed by atoms with Crippen LogP contribution in [-0.4, -0.2) is 169 Å². The third-order valence-corrected chi connectivity index (χ3v) is 19.7. The van der Waals surface area contributed by atoms with Gasteiger partial charge < -0.3 is 54.5 Å². The van der Waals surface area contributed by atoms with E-state index in [-0.39, 0.29) is 56.3 Å². The Morgan fingerprint density at radius 2 is 0.791 bits per heavy atom. The quantitative estimate of drug-likeness (QED) is 0.0913. The van der Waals surface area contributed by atoms with Crippen molar-refractivity contribution in [1.82, 2.24) is 58.4 Å². The molecule has 0 spiro atoms. The van der Waals surface area contributed by atoms with E-state index in [0.29, 0.717) is 57.2 Å². The predicted octanol–water partition coefficient (Wildman–Crippen LogP) is 10.4. The molecule has 29 heteroatoms. The minimum Gasteiger partial charge on any atom is -0.494 e. The highest BCUT2D eigenvalue weighted by atomic mass is 19.2. The van der Waals surface area contributed by atoms with Gasteiger partial charge in [0.2, 0.25) is 0 Å². The number of ether oxygens (including phenoxy) is 4. The number of aromatic nitrogens is 8. The zero-order chi connectivity index (χ0) is 77.4. The highest BCUT2D eigenvalue weighted by Crippen LogP contribution is 2.33. The second-order valence-electron chi connectivity index (χ2n) is 27.0. The van der Waals surface area contributed by atoms with Crippen LogP contribution < -0.4 is 71.8 Å². The van der Waals surface area contributed by atoms with Crippen LogP contribution >= 0.6 is 0 Å². The largest absolute Gasteiger partial charge is 0.494 e. The maximum atomic E-state index is 14.0. The van der Waals surface area contributed by atoms with E-state index in [2.05, 4.69) is 87.3 Å². The Hall–Kier alpha value is -11.9. The monoisotopic (exact) mass is 1510 g/mol. The Bertz CT molecular complexity index is 5660. The first-order valence-electron chi connectivity index (χ1n) is 35.8. The molecule has 8 aromatic heterocycles. The molecule has 3 saturated heterocycles. The van der Waals surface area contributed by atoms with Crippen molar-refractivity contribution in [3.8, 4) is 68.0 Å². The molecule has 12 heterocycles. The van der Waals surface area contributed by atoms with E-state index in [1.165, 1.54) is 95.7 Å². The van der Waals surface area contributed by atoms with Crippen LogP contribution in [0.15, 0.2) is 184 Å². The van der Waals surface area contributed by atoms with Gasteiger partial charge in [0.05, 0.1) is 68.3 Å². The Morgan fingerprint density at radius 3 is 1.18 bits per heavy atom. The van der Waals surface area contributed by atoms with E-state index in [9.17, 15) is 45.5 Å². The van der Waals surface area contributed by atoms with Crippen LogP contribution in [0, 0.1) is 34.9 Å². The van der Waals surface area contributed by atoms with Crippen molar-refractivity contribution in [3.05, 3.63) is 246 Å². The number of fused-ring (bicyclic) bond motifs is 4. The number of pyridine rings is 4. The van der Waals surface area contributed by atoms with Gasteiger partial charge in [-0.25, -0.2) is 46.3 Å². The molecule has 110 heavy (non-hydrogen) atoms. The van der Waals surface area contributed by atoms with Crippen molar-refractivity contribution in [2.24, 2.45) is 0 Å². The molecular weight excluding hydrogens is 1420 g/mol. The smallest absolute Gasteiger partial charge is 0.258 e. The second kappa shape index (κ2) is 33.7. The van der Waals surface area contributed by atoms with Gasteiger partial charge in [-0.05, 0) is 167 Å². The normalized spacial score (nSPS) is 15.3. The van der Waals surface area contributed by atoms with Gasteiger partial charge in [0, 0.05) is 149 Å². The van der Waals surface area contributed by atoms with Crippen LogP contribution in [0.5, 0.6) is 23.0 Å². The molecule has 0 aliphatic carbocycles. The highest BCUT2D eigenvalue weighted by molar-refractivity contribution is 5.70. The van der Waals surface area contributed by atoms with E-state index in [0.717, 1.165) is 138 Å². The lowest BCUT2D eigenvalue weighted by atomic mass is 10.0. The van der Waals surface area contributed by atoms with Crippen molar-refractivity contribution in [1.29, 1.82) is 0 Å². The number of methoxy groups -OCH3 is 4. The van der Waals surface area contributed by atoms with Crippen LogP contribution in [0.2, 0.25) is 0 Å². The molecule has 4 aliphatic heterocycles. The van der Waals surface area contributed by atoms with Crippen molar-refractivity contribution in [2.45, 2.75) is 38.3 Å². The molecule has 3 N–H and O–H groups in total. The number of nitrogens with one attached hydrogen (secondary N) is 3. The summed E-state index contributed by atoms with van der Waals surface area (Å²) in [5, 5.41) is 9.94. The standard InChI is InChI=1S/C22H25FN4O2.C20H20F2N4O2.C20H18FN3O2.C19H18F2N4O2/c1-25(2)16-8-10-26(11-9-16)17-5-7-21-24-19(13-22(28)27(21)14-17)15-4-6-20(29-3)18(23)12-15;1-12-10-25(6-5-23-12)14-3-4-18-24-17(9-19(27)26(18)11-14)13-7-15(21)20(28-2)16(22)8-13;1-26-18-4-2-14(10-16(18)21)17-11-20(25)24-12-15(3-5-19(24)23-17)13-6-8-22-9-7-13;1-27-19-14(20)8-12(9-15(19)21)16-10-18(26)25-11-13(2-3-17(25)23-16)24-6-4-22-5-7-24/h4-7,12-14,16H,8-11H2,1-3H3;3-4,7-9,11-12,23H,5-6,10H2,1-2H3;2-6,10-12,22H,7-9H2,1H3;2-3,8-11,22H,4-7H2,1H3/t;12-;;/m.0../s1. The van der Waals surface area contributed by atoms with Crippen LogP contribution in [0.25, 0.3) is 73.2 Å². The summed E-state index contributed by atoms with van der Waals surface area (Å²) in [6.07, 6.45) is 12.4. The van der Waals surface area contributed by atoms with Gasteiger partial charge in [-0.15, -0.1) is 0 Å². The molecule has 570 valence electrons. The van der Waals surface area contributed by atoms with Gasteiger partial charge in [-0.1, -0.05) is 6.08 Å². The summed E-state index contributed by atoms with van der Waals surface area (Å²) in [7, 11) is 9.45. The summed E-state index contributed by atoms with van der Waals surface area (Å²) < 4.78 is 109. The molecule has 1 atom stereocenters. The molecule has 4 aromatic carbocycles. The molecule has 0 unspecified atom stereocenters. The molecule has 3 fully saturated rings. The molecular formula is C81H81F6N15O8. The number of piperazine rings is 2. The molecule has 23 nitrogen and oxygen atoms in total. The van der Waals surface area contributed by atoms with Gasteiger partial charge in [0.1, 0.15) is 22.6 Å². The Morgan fingerprint density at radius 1 is 0.409 bits per heavy atom. The fourth-order valence-corrected chi connectivity index (χ4v) is 13.8. The first kappa shape index (κ1) is 76.3. The van der Waals surface area contributed by atoms with Crippen LogP contribution in [0.4, 0.5) is 43.4 Å². The lowest BCUT2D eigenvalue weighted by molar-refractivity contribution is 0.249. The molecule has 4 aliphatic rings. The fourth-order valence-electron chi connectivity index (χ4n) is 13.8. The zero-order valence-corrected chi connectivity index (χ0v) is 61.5. The van der Waals surface area contributed by atoms with Crippen molar-refractivity contribution >= 4 is 45.2 Å². The lowest BCUT2D eigenvalue weighted by Crippen LogP contribution is -2.49. The maximum absolute atomic E-state index is 14.0. The van der Waals surface area contributed by atoms with Gasteiger partial charge in [-0.2, -0.15) is 0 Å². The summed E-state index contributed by atoms with van der Waals surface area (Å²) >= 11 is 0. The Labute approximate surface area is 627 Å². The number of piperidine rings is 1. The van der Waals surface area contributed by atoms with Gasteiger partial charge >= 0.3 is 0 Å². The fraction of sp³-hybridized carbons (Fsp3) is 0.284. The van der Waals surface area contributed by atoms with Gasteiger partial charge in [0.25, 0.3) is 22.2 Å². The van der Waals surface area contributed by atoms with E-state index in [1.807, 2.05) is 48.8 Å². The average Bonchev–Trinajstić information content (AvgIpc) is 0.795. The summed E-state index contributed by atoms with van der Waals surface area (Å²) in [5.41, 5.74) is 8.70. The predicted molar refractivity (Wildman–Crippen MR) is 413 cm³/mol. The number of hydrogen-bond acceptors (Lipinski definition) is 19. The number of benzene rings is 4. The number of anilines is 3. The number of nitrogens with zero attached hydrogens (tertiary/aromatic N) is 12. The van der Waals surface area contributed by atoms with Crippen molar-refractivity contribution in [3.63, 3.8) is 0 Å². The lowest BCUT2D eigenvalue weighted by Gasteiger charge is -2.36. The third-order valence-electron chi connectivity index (χ3n) is 19.7. The van der Waals surface area contributed by atoms with Crippen LogP contribution in [-0.2, 0) is 0 Å². The first-order chi connectivity index (χ1) is 53.1. The van der Waals surface area contributed by atoms with E-state index in [1.54, 1.807) is 41.1 Å². The summed E-state index contributed by atoms with van der Waals surface area (Å²) in [6, 6.07) is 34.8. The SMILES string of the molecule is COc1c(F)cc(-c2cc(=O)n3cc(N4CCNCC4)ccc3n2)cc1F.COc1c(F)cc(-c2cc(=O)n3cc(N4CCN[C@@H](C)C4)ccc3n2)cc1F.COc1ccc(-c2cc(=O)n3cc(C4=CCNCC4)ccc3n2)cc1F.COc1ccc(-c2cc(=O)n3cc(N4CCC(N(C)C)CC4)ccc3n2)cc1F. The Kier molecular flexibility index (Phi) is 23.4. The Balaban J connectivity index is 0.000000129. The minimum atomic E-state index is -0.845. The molecule has 0 saturated carbocycles. The molecule has 0 radical (unpaired) electrons. The molecule has 0 amide bonds. The first-order valence-corrected chi connectivity index (χ1v) is 35.8. The van der Waals surface area contributed by atoms with Crippen LogP contribution in [0.1, 0.15) is 31.7 Å². The van der Waals surface area contributed by atoms with E-state index >= 15 is 0 Å². The molecule has 12 aromatic rings. The summed E-state index contributed by atoms with van der Waals surface area (Å²) in [6.45, 7) is 11.8. The number of rotatable bonds is 13. The number of hydrogen-bond donors (Lipinski definition) is 3. The minimum absolute atomic E-state index is 0.158. The van der Waals surface area contributed by atoms with Crippen LogP contribution in [0.3, 0.4) is 0 Å². The van der Waals surface area contributed by atoms with E-state index in [4.69, 9.17) is 14.2 Å². The topological polar surface area (TPSA) is 223 Å². The average molecular weight is 1510 g/mol. The number of halogens is 6. The molecule has 16 rings (SSSR count). The van der Waals surface area contributed by atoms with Crippen molar-refractivity contribution < 1.29 is 45.3 Å². The molecule has 0 bridgehead atoms. The summed E-state index contributed by atoms with van der Waals surface area (Å²) in [5.74, 6) is -4.95. The summed E-state index contributed by atoms with van der Waals surface area (Å²) in [4.78, 5) is 77.4. The highest BCUT2D eigenvalue weighted by Gasteiger charge is 2.24. The zero-order valence-electron chi connectivity index (χ0n) is 61.5. The van der Waals surface area contributed by atoms with Gasteiger partial charge in [0.15, 0.2) is 57.9 Å². The van der Waals surface area contributed by atoms with E-state index < -0.39 is 46.4 Å². The second-order valence-corrected chi connectivity index (χ2v) is 27.0. The van der Waals surface area contributed by atoms with Crippen molar-refractivity contribution in [2.75, 3.05) is 129 Å². The van der Waals surface area contributed by atoms with Gasteiger partial charge in [-0.3, -0.25) is 36.8 Å². The third kappa shape index (κ3) is 17.0.